The van der Waals surface area contributed by atoms with E-state index in [2.05, 4.69) is 21.2 Å². The molecule has 4 heteroatoms. The molecule has 2 aromatic rings. The van der Waals surface area contributed by atoms with Crippen molar-refractivity contribution in [1.29, 1.82) is 0 Å². The Morgan fingerprint density at radius 3 is 2.52 bits per heavy atom. The monoisotopic (exact) mass is 347 g/mol. The number of aryl methyl sites for hydroxylation is 2. The van der Waals surface area contributed by atoms with Crippen molar-refractivity contribution in [2.24, 2.45) is 0 Å². The fourth-order valence-electron chi connectivity index (χ4n) is 2.14. The molecule has 0 spiro atoms. The molecule has 110 valence electrons. The van der Waals surface area contributed by atoms with E-state index in [1.165, 1.54) is 7.11 Å². The van der Waals surface area contributed by atoms with Gasteiger partial charge in [-0.15, -0.1) is 0 Å². The Bertz CT molecular complexity index is 655. The third-order valence-corrected chi connectivity index (χ3v) is 4.04. The van der Waals surface area contributed by atoms with Gasteiger partial charge in [-0.25, -0.2) is 4.79 Å². The Morgan fingerprint density at radius 1 is 1.19 bits per heavy atom. The lowest BCUT2D eigenvalue weighted by atomic mass is 10.0. The summed E-state index contributed by atoms with van der Waals surface area (Å²) in [6, 6.07) is 13.2. The molecule has 2 aromatic carbocycles. The molecule has 0 aromatic heterocycles. The van der Waals surface area contributed by atoms with E-state index >= 15 is 0 Å². The van der Waals surface area contributed by atoms with Crippen molar-refractivity contribution in [3.8, 4) is 0 Å². The lowest BCUT2D eigenvalue weighted by Gasteiger charge is -2.20. The van der Waals surface area contributed by atoms with Crippen molar-refractivity contribution >= 4 is 27.6 Å². The number of esters is 1. The second-order valence-corrected chi connectivity index (χ2v) is 5.79. The van der Waals surface area contributed by atoms with Crippen LogP contribution in [0.25, 0.3) is 0 Å². The van der Waals surface area contributed by atoms with Gasteiger partial charge in [-0.3, -0.25) is 0 Å². The number of anilines is 1. The van der Waals surface area contributed by atoms with E-state index in [0.717, 1.165) is 26.9 Å². The number of methoxy groups -OCH3 is 1. The number of rotatable bonds is 4. The molecule has 21 heavy (non-hydrogen) atoms. The van der Waals surface area contributed by atoms with Crippen LogP contribution >= 0.6 is 15.9 Å². The van der Waals surface area contributed by atoms with Gasteiger partial charge < -0.3 is 10.1 Å². The van der Waals surface area contributed by atoms with Crippen molar-refractivity contribution in [1.82, 2.24) is 0 Å². The first-order valence-electron chi connectivity index (χ1n) is 6.69. The van der Waals surface area contributed by atoms with Gasteiger partial charge in [0.2, 0.25) is 0 Å². The van der Waals surface area contributed by atoms with Gasteiger partial charge in [0.1, 0.15) is 0 Å². The van der Waals surface area contributed by atoms with Gasteiger partial charge >= 0.3 is 5.97 Å². The quantitative estimate of drug-likeness (QED) is 0.833. The highest BCUT2D eigenvalue weighted by Crippen LogP contribution is 2.29. The number of hydrogen-bond acceptors (Lipinski definition) is 3. The minimum absolute atomic E-state index is 0.317. The minimum Gasteiger partial charge on any atom is -0.467 e. The molecule has 0 saturated heterocycles. The van der Waals surface area contributed by atoms with Crippen molar-refractivity contribution in [2.45, 2.75) is 19.9 Å². The molecule has 0 amide bonds. The molecule has 0 aliphatic carbocycles. The second-order valence-electron chi connectivity index (χ2n) is 4.94. The van der Waals surface area contributed by atoms with E-state index in [0.29, 0.717) is 0 Å². The Morgan fingerprint density at radius 2 is 1.90 bits per heavy atom. The van der Waals surface area contributed by atoms with Crippen LogP contribution in [-0.2, 0) is 9.53 Å². The Balaban J connectivity index is 2.40. The number of halogens is 1. The van der Waals surface area contributed by atoms with Crippen LogP contribution in [0.4, 0.5) is 5.69 Å². The topological polar surface area (TPSA) is 38.3 Å². The van der Waals surface area contributed by atoms with Crippen LogP contribution in [-0.4, -0.2) is 13.1 Å². The summed E-state index contributed by atoms with van der Waals surface area (Å²) >= 11 is 3.53. The molecule has 0 aliphatic heterocycles. The summed E-state index contributed by atoms with van der Waals surface area (Å²) in [6.07, 6.45) is 0. The van der Waals surface area contributed by atoms with Gasteiger partial charge in [0.25, 0.3) is 0 Å². The summed E-state index contributed by atoms with van der Waals surface area (Å²) in [5.41, 5.74) is 3.98. The predicted octanol–water partition coefficient (Wildman–Crippen LogP) is 4.39. The molecular weight excluding hydrogens is 330 g/mol. The largest absolute Gasteiger partial charge is 0.467 e. The SMILES string of the molecule is COC(=O)C(Nc1ccccc1C)c1ccc(C)cc1Br. The maximum atomic E-state index is 12.2. The van der Waals surface area contributed by atoms with Crippen LogP contribution < -0.4 is 5.32 Å². The first-order valence-corrected chi connectivity index (χ1v) is 7.48. The Labute approximate surface area is 133 Å². The van der Waals surface area contributed by atoms with Crippen LogP contribution in [0.3, 0.4) is 0 Å². The van der Waals surface area contributed by atoms with Crippen molar-refractivity contribution in [3.63, 3.8) is 0 Å². The molecule has 0 saturated carbocycles. The van der Waals surface area contributed by atoms with Crippen LogP contribution in [0.1, 0.15) is 22.7 Å². The molecule has 2 rings (SSSR count). The first-order chi connectivity index (χ1) is 10.0. The number of carbonyl (C=O) groups excluding carboxylic acids is 1. The summed E-state index contributed by atoms with van der Waals surface area (Å²) in [6.45, 7) is 4.01. The van der Waals surface area contributed by atoms with Crippen molar-refractivity contribution < 1.29 is 9.53 Å². The van der Waals surface area contributed by atoms with Gasteiger partial charge in [0, 0.05) is 10.2 Å². The third kappa shape index (κ3) is 3.64. The summed E-state index contributed by atoms with van der Waals surface area (Å²) in [5.74, 6) is -0.317. The fourth-order valence-corrected chi connectivity index (χ4v) is 2.86. The number of carbonyl (C=O) groups is 1. The predicted molar refractivity (Wildman–Crippen MR) is 88.4 cm³/mol. The highest BCUT2D eigenvalue weighted by atomic mass is 79.9. The van der Waals surface area contributed by atoms with E-state index in [-0.39, 0.29) is 5.97 Å². The van der Waals surface area contributed by atoms with E-state index < -0.39 is 6.04 Å². The van der Waals surface area contributed by atoms with Crippen LogP contribution in [0.2, 0.25) is 0 Å². The number of benzene rings is 2. The van der Waals surface area contributed by atoms with Crippen molar-refractivity contribution in [3.05, 3.63) is 63.6 Å². The average molecular weight is 348 g/mol. The molecule has 0 bridgehead atoms. The fraction of sp³-hybridized carbons (Fsp3) is 0.235. The highest BCUT2D eigenvalue weighted by Gasteiger charge is 2.24. The van der Waals surface area contributed by atoms with E-state index in [1.807, 2.05) is 56.3 Å². The molecule has 1 atom stereocenters. The molecule has 3 nitrogen and oxygen atoms in total. The van der Waals surface area contributed by atoms with E-state index in [9.17, 15) is 4.79 Å². The van der Waals surface area contributed by atoms with Gasteiger partial charge in [0.15, 0.2) is 6.04 Å². The molecule has 0 fully saturated rings. The smallest absolute Gasteiger partial charge is 0.333 e. The van der Waals surface area contributed by atoms with Gasteiger partial charge in [0.05, 0.1) is 7.11 Å². The van der Waals surface area contributed by atoms with Crippen LogP contribution in [0, 0.1) is 13.8 Å². The van der Waals surface area contributed by atoms with Gasteiger partial charge in [-0.1, -0.05) is 46.3 Å². The molecular formula is C17H18BrNO2. The van der Waals surface area contributed by atoms with Gasteiger partial charge in [-0.05, 0) is 42.7 Å². The highest BCUT2D eigenvalue weighted by molar-refractivity contribution is 9.10. The summed E-state index contributed by atoms with van der Waals surface area (Å²) < 4.78 is 5.83. The average Bonchev–Trinajstić information content (AvgIpc) is 2.46. The molecule has 0 radical (unpaired) electrons. The van der Waals surface area contributed by atoms with Crippen LogP contribution in [0.5, 0.6) is 0 Å². The Kier molecular flexibility index (Phi) is 5.02. The lowest BCUT2D eigenvalue weighted by Crippen LogP contribution is -2.23. The minimum atomic E-state index is -0.550. The summed E-state index contributed by atoms with van der Waals surface area (Å²) in [4.78, 5) is 12.2. The molecule has 1 unspecified atom stereocenters. The molecule has 0 heterocycles. The number of nitrogens with one attached hydrogen (secondary N) is 1. The number of hydrogen-bond donors (Lipinski definition) is 1. The van der Waals surface area contributed by atoms with E-state index in [1.54, 1.807) is 0 Å². The molecule has 1 N–H and O–H groups in total. The Hall–Kier alpha value is -1.81. The van der Waals surface area contributed by atoms with Gasteiger partial charge in [-0.2, -0.15) is 0 Å². The zero-order valence-corrected chi connectivity index (χ0v) is 13.9. The maximum absolute atomic E-state index is 12.2. The van der Waals surface area contributed by atoms with E-state index in [4.69, 9.17) is 4.74 Å². The molecule has 0 aliphatic rings. The zero-order valence-electron chi connectivity index (χ0n) is 12.3. The number of ether oxygens (including phenoxy) is 1. The summed E-state index contributed by atoms with van der Waals surface area (Å²) in [5, 5.41) is 3.27. The number of para-hydroxylation sites is 1. The van der Waals surface area contributed by atoms with Crippen molar-refractivity contribution in [2.75, 3.05) is 12.4 Å². The lowest BCUT2D eigenvalue weighted by molar-refractivity contribution is -0.141. The normalized spacial score (nSPS) is 11.8. The second kappa shape index (κ2) is 6.76. The zero-order chi connectivity index (χ0) is 15.4. The first kappa shape index (κ1) is 15.6. The standard InChI is InChI=1S/C17H18BrNO2/c1-11-8-9-13(14(18)10-11)16(17(20)21-3)19-15-7-5-4-6-12(15)2/h4-10,16,19H,1-3H3. The summed E-state index contributed by atoms with van der Waals surface area (Å²) in [7, 11) is 1.40. The maximum Gasteiger partial charge on any atom is 0.333 e. The van der Waals surface area contributed by atoms with Crippen LogP contribution in [0.15, 0.2) is 46.9 Å². The third-order valence-electron chi connectivity index (χ3n) is 3.35.